The molecule has 0 aliphatic carbocycles. The fraction of sp³-hybridized carbons (Fsp3) is 0.333. The summed E-state index contributed by atoms with van der Waals surface area (Å²) in [6, 6.07) is 12.5. The Hall–Kier alpha value is -2.90. The largest absolute Gasteiger partial charge is 0.497 e. The van der Waals surface area contributed by atoms with Crippen LogP contribution in [0.3, 0.4) is 0 Å². The smallest absolute Gasteiger partial charge is 0.329 e. The van der Waals surface area contributed by atoms with Gasteiger partial charge < -0.3 is 19.1 Å². The van der Waals surface area contributed by atoms with Crippen LogP contribution in [-0.4, -0.2) is 33.0 Å². The van der Waals surface area contributed by atoms with Crippen LogP contribution in [0.25, 0.3) is 0 Å². The number of esters is 1. The van der Waals surface area contributed by atoms with Gasteiger partial charge in [0.1, 0.15) is 12.4 Å². The Labute approximate surface area is 165 Å². The van der Waals surface area contributed by atoms with Gasteiger partial charge in [-0.2, -0.15) is 5.48 Å². The van der Waals surface area contributed by atoms with Crippen LogP contribution in [0.1, 0.15) is 35.2 Å². The highest BCUT2D eigenvalue weighted by molar-refractivity contribution is 5.98. The third-order valence-electron chi connectivity index (χ3n) is 4.33. The van der Waals surface area contributed by atoms with Gasteiger partial charge in [-0.05, 0) is 37.1 Å². The molecule has 0 saturated heterocycles. The molecule has 0 amide bonds. The Kier molecular flexibility index (Phi) is 7.98. The summed E-state index contributed by atoms with van der Waals surface area (Å²) in [6.45, 7) is 4.00. The minimum absolute atomic E-state index is 0.197. The Morgan fingerprint density at radius 2 is 1.89 bits per heavy atom. The number of ether oxygens (including phenoxy) is 2. The van der Waals surface area contributed by atoms with Crippen molar-refractivity contribution in [3.05, 3.63) is 64.7 Å². The van der Waals surface area contributed by atoms with E-state index < -0.39 is 12.0 Å². The van der Waals surface area contributed by atoms with Crippen LogP contribution < -0.4 is 10.2 Å². The number of benzene rings is 2. The van der Waals surface area contributed by atoms with Gasteiger partial charge in [0.2, 0.25) is 0 Å². The maximum Gasteiger partial charge on any atom is 0.329 e. The molecule has 1 N–H and O–H groups in total. The SMILES string of the molecule is CONC(C(=O)OC)c1cccc(C)c1CO/N=C(\C)c1cccc(OC)c1. The number of nitrogens with zero attached hydrogens (tertiary/aromatic N) is 1. The second-order valence-corrected chi connectivity index (χ2v) is 6.10. The number of hydrogen-bond donors (Lipinski definition) is 1. The van der Waals surface area contributed by atoms with Crippen molar-refractivity contribution in [1.82, 2.24) is 5.48 Å². The second-order valence-electron chi connectivity index (χ2n) is 6.10. The molecule has 150 valence electrons. The molecule has 0 aliphatic heterocycles. The first-order chi connectivity index (χ1) is 13.5. The Balaban J connectivity index is 2.22. The summed E-state index contributed by atoms with van der Waals surface area (Å²) in [7, 11) is 4.40. The highest BCUT2D eigenvalue weighted by Crippen LogP contribution is 2.24. The van der Waals surface area contributed by atoms with E-state index in [1.807, 2.05) is 56.3 Å². The van der Waals surface area contributed by atoms with Gasteiger partial charge in [0.15, 0.2) is 6.04 Å². The van der Waals surface area contributed by atoms with Crippen molar-refractivity contribution in [3.8, 4) is 5.75 Å². The molecule has 2 aromatic carbocycles. The molecule has 0 bridgehead atoms. The van der Waals surface area contributed by atoms with Crippen LogP contribution in [0.15, 0.2) is 47.6 Å². The maximum absolute atomic E-state index is 12.1. The topological polar surface area (TPSA) is 78.4 Å². The molecule has 28 heavy (non-hydrogen) atoms. The van der Waals surface area contributed by atoms with Gasteiger partial charge in [-0.25, -0.2) is 4.79 Å². The fourth-order valence-electron chi connectivity index (χ4n) is 2.76. The van der Waals surface area contributed by atoms with E-state index in [1.165, 1.54) is 14.2 Å². The summed E-state index contributed by atoms with van der Waals surface area (Å²) in [5.41, 5.74) is 6.81. The van der Waals surface area contributed by atoms with E-state index in [1.54, 1.807) is 7.11 Å². The van der Waals surface area contributed by atoms with E-state index in [2.05, 4.69) is 10.6 Å². The lowest BCUT2D eigenvalue weighted by Gasteiger charge is -2.19. The van der Waals surface area contributed by atoms with Gasteiger partial charge in [-0.3, -0.25) is 0 Å². The van der Waals surface area contributed by atoms with Crippen molar-refractivity contribution in [2.45, 2.75) is 26.5 Å². The zero-order chi connectivity index (χ0) is 20.5. The second kappa shape index (κ2) is 10.4. The summed E-state index contributed by atoms with van der Waals surface area (Å²) >= 11 is 0. The van der Waals surface area contributed by atoms with Crippen LogP contribution in [0.4, 0.5) is 0 Å². The molecule has 1 atom stereocenters. The monoisotopic (exact) mass is 386 g/mol. The standard InChI is InChI=1S/C21H26N2O5/c1-14-8-6-11-18(20(23-27-5)21(24)26-4)19(14)13-28-22-15(2)16-9-7-10-17(12-16)25-3/h6-12,20,23H,13H2,1-5H3/b22-15+. The number of nitrogens with one attached hydrogen (secondary N) is 1. The number of aryl methyl sites for hydroxylation is 1. The first-order valence-electron chi connectivity index (χ1n) is 8.77. The average Bonchev–Trinajstić information content (AvgIpc) is 2.72. The number of hydrogen-bond acceptors (Lipinski definition) is 7. The predicted molar refractivity (Wildman–Crippen MR) is 106 cm³/mol. The quantitative estimate of drug-likeness (QED) is 0.405. The molecule has 7 nitrogen and oxygen atoms in total. The molecule has 0 heterocycles. The molecule has 0 aliphatic rings. The third-order valence-corrected chi connectivity index (χ3v) is 4.33. The van der Waals surface area contributed by atoms with Crippen molar-refractivity contribution in [1.29, 1.82) is 0 Å². The third kappa shape index (κ3) is 5.31. The van der Waals surface area contributed by atoms with Crippen molar-refractivity contribution >= 4 is 11.7 Å². The van der Waals surface area contributed by atoms with E-state index >= 15 is 0 Å². The summed E-state index contributed by atoms with van der Waals surface area (Å²) in [5, 5.41) is 4.21. The van der Waals surface area contributed by atoms with Gasteiger partial charge in [-0.1, -0.05) is 35.5 Å². The van der Waals surface area contributed by atoms with E-state index in [0.29, 0.717) is 11.3 Å². The molecular weight excluding hydrogens is 360 g/mol. The molecule has 1 unspecified atom stereocenters. The molecule has 2 rings (SSSR count). The molecule has 0 spiro atoms. The van der Waals surface area contributed by atoms with E-state index in [0.717, 1.165) is 22.4 Å². The summed E-state index contributed by atoms with van der Waals surface area (Å²) in [5.74, 6) is 0.296. The van der Waals surface area contributed by atoms with Gasteiger partial charge >= 0.3 is 5.97 Å². The molecule has 0 saturated carbocycles. The van der Waals surface area contributed by atoms with Gasteiger partial charge in [0.05, 0.1) is 27.0 Å². The fourth-order valence-corrected chi connectivity index (χ4v) is 2.76. The molecule has 0 fully saturated rings. The number of methoxy groups -OCH3 is 2. The molecular formula is C21H26N2O5. The van der Waals surface area contributed by atoms with Crippen LogP contribution in [-0.2, 0) is 25.8 Å². The minimum Gasteiger partial charge on any atom is -0.497 e. The van der Waals surface area contributed by atoms with Crippen LogP contribution >= 0.6 is 0 Å². The molecule has 0 radical (unpaired) electrons. The molecule has 2 aromatic rings. The Bertz CT molecular complexity index is 835. The van der Waals surface area contributed by atoms with E-state index in [9.17, 15) is 4.79 Å². The number of oxime groups is 1. The van der Waals surface area contributed by atoms with Crippen LogP contribution in [0.5, 0.6) is 5.75 Å². The summed E-state index contributed by atoms with van der Waals surface area (Å²) < 4.78 is 10.1. The lowest BCUT2D eigenvalue weighted by atomic mass is 9.97. The number of carbonyl (C=O) groups excluding carboxylic acids is 1. The summed E-state index contributed by atoms with van der Waals surface area (Å²) in [4.78, 5) is 22.7. The van der Waals surface area contributed by atoms with Gasteiger partial charge in [0, 0.05) is 11.1 Å². The zero-order valence-electron chi connectivity index (χ0n) is 16.8. The first kappa shape index (κ1) is 21.4. The number of hydroxylamine groups is 1. The minimum atomic E-state index is -0.767. The lowest BCUT2D eigenvalue weighted by Crippen LogP contribution is -2.30. The van der Waals surface area contributed by atoms with E-state index in [4.69, 9.17) is 19.1 Å². The highest BCUT2D eigenvalue weighted by atomic mass is 16.6. The number of carbonyl (C=O) groups is 1. The lowest BCUT2D eigenvalue weighted by molar-refractivity contribution is -0.147. The van der Waals surface area contributed by atoms with Crippen molar-refractivity contribution in [2.24, 2.45) is 5.16 Å². The average molecular weight is 386 g/mol. The maximum atomic E-state index is 12.1. The Morgan fingerprint density at radius 1 is 1.14 bits per heavy atom. The van der Waals surface area contributed by atoms with Crippen LogP contribution in [0.2, 0.25) is 0 Å². The Morgan fingerprint density at radius 3 is 2.57 bits per heavy atom. The van der Waals surface area contributed by atoms with Crippen LogP contribution in [0, 0.1) is 6.92 Å². The predicted octanol–water partition coefficient (Wildman–Crippen LogP) is 3.31. The normalized spacial score (nSPS) is 12.4. The highest BCUT2D eigenvalue weighted by Gasteiger charge is 2.25. The number of rotatable bonds is 9. The molecule has 0 aromatic heterocycles. The first-order valence-corrected chi connectivity index (χ1v) is 8.77. The molecule has 7 heteroatoms. The van der Waals surface area contributed by atoms with Gasteiger partial charge in [0.25, 0.3) is 0 Å². The van der Waals surface area contributed by atoms with Crippen molar-refractivity contribution in [2.75, 3.05) is 21.3 Å². The van der Waals surface area contributed by atoms with Crippen molar-refractivity contribution in [3.63, 3.8) is 0 Å². The van der Waals surface area contributed by atoms with E-state index in [-0.39, 0.29) is 6.61 Å². The summed E-state index contributed by atoms with van der Waals surface area (Å²) in [6.07, 6.45) is 0. The van der Waals surface area contributed by atoms with Crippen molar-refractivity contribution < 1.29 is 23.9 Å². The van der Waals surface area contributed by atoms with Gasteiger partial charge in [-0.15, -0.1) is 0 Å². The zero-order valence-corrected chi connectivity index (χ0v) is 16.8.